The highest BCUT2D eigenvalue weighted by Crippen LogP contribution is 2.20. The molecule has 110 valence electrons. The molecule has 2 rings (SSSR count). The zero-order valence-electron chi connectivity index (χ0n) is 11.9. The largest absolute Gasteiger partial charge is 0.483 e. The van der Waals surface area contributed by atoms with Crippen molar-refractivity contribution in [2.24, 2.45) is 0 Å². The Hall–Kier alpha value is -2.56. The van der Waals surface area contributed by atoms with Crippen LogP contribution in [0.5, 0.6) is 5.75 Å². The molecule has 0 fully saturated rings. The first kappa shape index (κ1) is 14.8. The van der Waals surface area contributed by atoms with Crippen LogP contribution in [-0.4, -0.2) is 12.5 Å². The third-order valence-electron chi connectivity index (χ3n) is 3.03. The molecule has 0 unspecified atom stereocenters. The number of aryl methyl sites for hydroxylation is 2. The number of anilines is 2. The Kier molecular flexibility index (Phi) is 4.42. The van der Waals surface area contributed by atoms with Gasteiger partial charge in [0, 0.05) is 11.4 Å². The fourth-order valence-corrected chi connectivity index (χ4v) is 1.88. The average Bonchev–Trinajstić information content (AvgIpc) is 2.42. The van der Waals surface area contributed by atoms with Crippen molar-refractivity contribution in [3.63, 3.8) is 0 Å². The minimum Gasteiger partial charge on any atom is -0.483 e. The molecule has 0 aliphatic rings. The first-order valence-electron chi connectivity index (χ1n) is 6.50. The number of carbonyl (C=O) groups is 1. The second-order valence-electron chi connectivity index (χ2n) is 4.82. The lowest BCUT2D eigenvalue weighted by atomic mass is 10.2. The number of carbonyl (C=O) groups excluding carboxylic acids is 1. The van der Waals surface area contributed by atoms with Crippen LogP contribution >= 0.6 is 0 Å². The maximum atomic E-state index is 13.0. The molecule has 0 aliphatic carbocycles. The summed E-state index contributed by atoms with van der Waals surface area (Å²) in [6.45, 7) is 3.44. The minimum absolute atomic E-state index is 0.152. The van der Waals surface area contributed by atoms with Crippen LogP contribution in [0.1, 0.15) is 11.1 Å². The molecule has 0 saturated carbocycles. The molecule has 21 heavy (non-hydrogen) atoms. The Balaban J connectivity index is 1.97. The summed E-state index contributed by atoms with van der Waals surface area (Å²) in [5, 5.41) is 2.73. The first-order valence-corrected chi connectivity index (χ1v) is 6.50. The van der Waals surface area contributed by atoms with Crippen LogP contribution < -0.4 is 15.8 Å². The number of amides is 1. The third-order valence-corrected chi connectivity index (χ3v) is 3.03. The molecule has 3 N–H and O–H groups in total. The maximum Gasteiger partial charge on any atom is 0.262 e. The van der Waals surface area contributed by atoms with Gasteiger partial charge in [0.1, 0.15) is 11.6 Å². The number of halogens is 1. The zero-order chi connectivity index (χ0) is 15.4. The second kappa shape index (κ2) is 6.26. The molecule has 2 aromatic carbocycles. The summed E-state index contributed by atoms with van der Waals surface area (Å²) in [5.41, 5.74) is 8.47. The highest BCUT2D eigenvalue weighted by Gasteiger charge is 2.08. The summed E-state index contributed by atoms with van der Waals surface area (Å²) < 4.78 is 18.4. The molecule has 0 heterocycles. The zero-order valence-corrected chi connectivity index (χ0v) is 11.9. The predicted octanol–water partition coefficient (Wildman–Crippen LogP) is 3.04. The van der Waals surface area contributed by atoms with Crippen LogP contribution in [0.25, 0.3) is 0 Å². The van der Waals surface area contributed by atoms with E-state index in [1.807, 2.05) is 13.0 Å². The number of ether oxygens (including phenoxy) is 1. The summed E-state index contributed by atoms with van der Waals surface area (Å²) in [6, 6.07) is 9.44. The Morgan fingerprint density at radius 2 is 1.95 bits per heavy atom. The Morgan fingerprint density at radius 3 is 2.67 bits per heavy atom. The van der Waals surface area contributed by atoms with Crippen LogP contribution in [0.15, 0.2) is 36.4 Å². The van der Waals surface area contributed by atoms with E-state index < -0.39 is 0 Å². The van der Waals surface area contributed by atoms with Crippen molar-refractivity contribution in [1.82, 2.24) is 0 Å². The quantitative estimate of drug-likeness (QED) is 0.850. The van der Waals surface area contributed by atoms with Gasteiger partial charge < -0.3 is 15.8 Å². The molecule has 2 aromatic rings. The van der Waals surface area contributed by atoms with Gasteiger partial charge in [-0.05, 0) is 55.3 Å². The summed E-state index contributed by atoms with van der Waals surface area (Å²) in [5.74, 6) is -0.150. The topological polar surface area (TPSA) is 64.3 Å². The van der Waals surface area contributed by atoms with Crippen molar-refractivity contribution < 1.29 is 13.9 Å². The predicted molar refractivity (Wildman–Crippen MR) is 80.9 cm³/mol. The molecular weight excluding hydrogens is 271 g/mol. The number of nitrogens with two attached hydrogens (primary N) is 1. The van der Waals surface area contributed by atoms with Gasteiger partial charge in [-0.25, -0.2) is 4.39 Å². The van der Waals surface area contributed by atoms with Gasteiger partial charge in [0.2, 0.25) is 0 Å². The molecule has 5 heteroatoms. The van der Waals surface area contributed by atoms with E-state index in [9.17, 15) is 9.18 Å². The highest BCUT2D eigenvalue weighted by molar-refractivity contribution is 5.93. The van der Waals surface area contributed by atoms with E-state index >= 15 is 0 Å². The molecule has 0 aromatic heterocycles. The van der Waals surface area contributed by atoms with E-state index in [0.717, 1.165) is 5.56 Å². The van der Waals surface area contributed by atoms with Crippen molar-refractivity contribution in [1.29, 1.82) is 0 Å². The normalized spacial score (nSPS) is 10.2. The van der Waals surface area contributed by atoms with Gasteiger partial charge in [-0.3, -0.25) is 4.79 Å². The number of hydrogen-bond acceptors (Lipinski definition) is 3. The van der Waals surface area contributed by atoms with Crippen molar-refractivity contribution in [2.45, 2.75) is 13.8 Å². The van der Waals surface area contributed by atoms with Crippen LogP contribution in [0.3, 0.4) is 0 Å². The van der Waals surface area contributed by atoms with Gasteiger partial charge in [-0.15, -0.1) is 0 Å². The third kappa shape index (κ3) is 3.95. The minimum atomic E-state index is -0.334. The van der Waals surface area contributed by atoms with E-state index in [1.165, 1.54) is 18.2 Å². The van der Waals surface area contributed by atoms with Gasteiger partial charge in [0.05, 0.1) is 0 Å². The van der Waals surface area contributed by atoms with Crippen molar-refractivity contribution in [3.05, 3.63) is 53.3 Å². The molecule has 4 nitrogen and oxygen atoms in total. The SMILES string of the molecule is Cc1ccc(N)cc1NC(=O)COc1ccc(F)cc1C. The average molecular weight is 288 g/mol. The van der Waals surface area contributed by atoms with Crippen LogP contribution in [0, 0.1) is 19.7 Å². The smallest absolute Gasteiger partial charge is 0.262 e. The van der Waals surface area contributed by atoms with Gasteiger partial charge in [-0.2, -0.15) is 0 Å². The van der Waals surface area contributed by atoms with Crippen LogP contribution in [0.4, 0.5) is 15.8 Å². The lowest BCUT2D eigenvalue weighted by molar-refractivity contribution is -0.118. The molecule has 0 saturated heterocycles. The van der Waals surface area contributed by atoms with Crippen LogP contribution in [0.2, 0.25) is 0 Å². The molecule has 0 radical (unpaired) electrons. The summed E-state index contributed by atoms with van der Waals surface area (Å²) in [4.78, 5) is 11.9. The standard InChI is InChI=1S/C16H17FN2O2/c1-10-3-5-13(18)8-14(10)19-16(20)9-21-15-6-4-12(17)7-11(15)2/h3-8H,9,18H2,1-2H3,(H,19,20). The summed E-state index contributed by atoms with van der Waals surface area (Å²) >= 11 is 0. The van der Waals surface area contributed by atoms with Crippen LogP contribution in [-0.2, 0) is 4.79 Å². The first-order chi connectivity index (χ1) is 9.95. The fourth-order valence-electron chi connectivity index (χ4n) is 1.88. The molecule has 0 aliphatic heterocycles. The van der Waals surface area contributed by atoms with E-state index in [1.54, 1.807) is 19.1 Å². The molecule has 0 spiro atoms. The van der Waals surface area contributed by atoms with E-state index in [4.69, 9.17) is 10.5 Å². The second-order valence-corrected chi connectivity index (χ2v) is 4.82. The lowest BCUT2D eigenvalue weighted by Crippen LogP contribution is -2.21. The summed E-state index contributed by atoms with van der Waals surface area (Å²) in [7, 11) is 0. The number of nitrogen functional groups attached to an aromatic ring is 1. The summed E-state index contributed by atoms with van der Waals surface area (Å²) in [6.07, 6.45) is 0. The Labute approximate surface area is 122 Å². The van der Waals surface area contributed by atoms with Crippen molar-refractivity contribution >= 4 is 17.3 Å². The van der Waals surface area contributed by atoms with Crippen molar-refractivity contribution in [2.75, 3.05) is 17.7 Å². The molecular formula is C16H17FN2O2. The fraction of sp³-hybridized carbons (Fsp3) is 0.188. The van der Waals surface area contributed by atoms with Gasteiger partial charge in [-0.1, -0.05) is 6.07 Å². The number of rotatable bonds is 4. The van der Waals surface area contributed by atoms with Crippen molar-refractivity contribution in [3.8, 4) is 5.75 Å². The van der Waals surface area contributed by atoms with E-state index in [2.05, 4.69) is 5.32 Å². The molecule has 0 bridgehead atoms. The van der Waals surface area contributed by atoms with E-state index in [0.29, 0.717) is 22.7 Å². The van der Waals surface area contributed by atoms with Gasteiger partial charge >= 0.3 is 0 Å². The monoisotopic (exact) mass is 288 g/mol. The number of hydrogen-bond donors (Lipinski definition) is 2. The molecule has 0 atom stereocenters. The maximum absolute atomic E-state index is 13.0. The van der Waals surface area contributed by atoms with Gasteiger partial charge in [0.15, 0.2) is 6.61 Å². The highest BCUT2D eigenvalue weighted by atomic mass is 19.1. The Bertz CT molecular complexity index is 671. The lowest BCUT2D eigenvalue weighted by Gasteiger charge is -2.11. The molecule has 1 amide bonds. The number of benzene rings is 2. The Morgan fingerprint density at radius 1 is 1.19 bits per heavy atom. The van der Waals surface area contributed by atoms with Gasteiger partial charge in [0.25, 0.3) is 5.91 Å². The number of nitrogens with one attached hydrogen (secondary N) is 1. The van der Waals surface area contributed by atoms with E-state index in [-0.39, 0.29) is 18.3 Å².